The average molecular weight is 363 g/mol. The van der Waals surface area contributed by atoms with Crippen LogP contribution in [0.4, 0.5) is 8.78 Å². The summed E-state index contributed by atoms with van der Waals surface area (Å²) in [6.45, 7) is 3.74. The molecule has 25 heavy (non-hydrogen) atoms. The lowest BCUT2D eigenvalue weighted by Gasteiger charge is -2.13. The molecule has 0 aliphatic heterocycles. The molecule has 0 fully saturated rings. The van der Waals surface area contributed by atoms with E-state index in [-0.39, 0.29) is 22.3 Å². The van der Waals surface area contributed by atoms with Crippen molar-refractivity contribution in [1.29, 1.82) is 0 Å². The fourth-order valence-corrected chi connectivity index (χ4v) is 4.19. The third-order valence-electron chi connectivity index (χ3n) is 4.02. The third-order valence-corrected chi connectivity index (χ3v) is 5.76. The maximum Gasteiger partial charge on any atom is 0.211 e. The highest BCUT2D eigenvalue weighted by molar-refractivity contribution is 7.91. The van der Waals surface area contributed by atoms with E-state index in [2.05, 4.69) is 0 Å². The molecule has 2 aromatic carbocycles. The van der Waals surface area contributed by atoms with Crippen molar-refractivity contribution in [2.75, 3.05) is 0 Å². The van der Waals surface area contributed by atoms with Crippen LogP contribution in [0.3, 0.4) is 0 Å². The van der Waals surface area contributed by atoms with Gasteiger partial charge in [-0.15, -0.1) is 0 Å². The highest BCUT2D eigenvalue weighted by Gasteiger charge is 2.24. The van der Waals surface area contributed by atoms with Gasteiger partial charge in [0.05, 0.1) is 15.8 Å². The van der Waals surface area contributed by atoms with Crippen molar-refractivity contribution in [3.63, 3.8) is 0 Å². The molecule has 1 heterocycles. The number of sulfone groups is 1. The normalized spacial score (nSPS) is 11.8. The number of benzene rings is 2. The molecule has 0 unspecified atom stereocenters. The molecule has 3 rings (SSSR count). The van der Waals surface area contributed by atoms with Crippen LogP contribution in [-0.4, -0.2) is 13.0 Å². The Hall–Kier alpha value is -2.54. The van der Waals surface area contributed by atoms with Crippen molar-refractivity contribution in [2.45, 2.75) is 30.2 Å². The first-order valence-corrected chi connectivity index (χ1v) is 9.08. The lowest BCUT2D eigenvalue weighted by Crippen LogP contribution is -2.19. The molecule has 0 bridgehead atoms. The van der Waals surface area contributed by atoms with E-state index >= 15 is 0 Å². The lowest BCUT2D eigenvalue weighted by atomic mass is 10.2. The Kier molecular flexibility index (Phi) is 4.20. The van der Waals surface area contributed by atoms with E-state index in [4.69, 9.17) is 0 Å². The zero-order valence-electron chi connectivity index (χ0n) is 13.6. The maximum absolute atomic E-state index is 13.6. The average Bonchev–Trinajstić information content (AvgIpc) is 2.57. The smallest absolute Gasteiger partial charge is 0.211 e. The van der Waals surface area contributed by atoms with Crippen LogP contribution in [0.15, 0.2) is 57.2 Å². The Morgan fingerprint density at radius 1 is 1.08 bits per heavy atom. The van der Waals surface area contributed by atoms with Crippen LogP contribution in [-0.2, 0) is 16.4 Å². The van der Waals surface area contributed by atoms with E-state index in [1.54, 1.807) is 26.0 Å². The summed E-state index contributed by atoms with van der Waals surface area (Å²) in [4.78, 5) is 12.2. The summed E-state index contributed by atoms with van der Waals surface area (Å²) < 4.78 is 54.3. The number of hydrogen-bond donors (Lipinski definition) is 0. The molecule has 4 nitrogen and oxygen atoms in total. The van der Waals surface area contributed by atoms with Gasteiger partial charge in [-0.1, -0.05) is 12.1 Å². The number of aromatic nitrogens is 1. The fourth-order valence-electron chi connectivity index (χ4n) is 2.72. The molecule has 0 aliphatic rings. The van der Waals surface area contributed by atoms with Crippen molar-refractivity contribution in [3.05, 3.63) is 70.0 Å². The first-order chi connectivity index (χ1) is 11.8. The molecule has 0 aliphatic carbocycles. The Morgan fingerprint density at radius 3 is 2.40 bits per heavy atom. The van der Waals surface area contributed by atoms with E-state index in [1.807, 2.05) is 0 Å². The number of hydrogen-bond acceptors (Lipinski definition) is 3. The van der Waals surface area contributed by atoms with Gasteiger partial charge in [-0.05, 0) is 37.6 Å². The SMILES string of the molecule is CCn1cc(S(=O)(=O)c2cccc(C)c2)c(=O)c2cc(F)c(F)cc21. The molecule has 0 spiro atoms. The highest BCUT2D eigenvalue weighted by Crippen LogP contribution is 2.23. The summed E-state index contributed by atoms with van der Waals surface area (Å²) in [5.74, 6) is -2.29. The summed E-state index contributed by atoms with van der Waals surface area (Å²) in [5, 5.41) is -0.172. The summed E-state index contributed by atoms with van der Waals surface area (Å²) in [6, 6.07) is 7.82. The molecule has 0 saturated carbocycles. The molecular formula is C18H15F2NO3S. The van der Waals surface area contributed by atoms with Crippen LogP contribution in [0.1, 0.15) is 12.5 Å². The number of rotatable bonds is 3. The first-order valence-electron chi connectivity index (χ1n) is 7.59. The van der Waals surface area contributed by atoms with Crippen LogP contribution in [0.2, 0.25) is 0 Å². The predicted molar refractivity (Wildman–Crippen MR) is 90.4 cm³/mol. The molecule has 3 aromatic rings. The molecular weight excluding hydrogens is 348 g/mol. The first kappa shape index (κ1) is 17.3. The number of fused-ring (bicyclic) bond motifs is 1. The van der Waals surface area contributed by atoms with Crippen LogP contribution < -0.4 is 5.43 Å². The Bertz CT molecular complexity index is 1150. The van der Waals surface area contributed by atoms with E-state index in [0.717, 1.165) is 17.7 Å². The monoisotopic (exact) mass is 363 g/mol. The van der Waals surface area contributed by atoms with Crippen LogP contribution in [0, 0.1) is 18.6 Å². The quantitative estimate of drug-likeness (QED) is 0.716. The van der Waals surface area contributed by atoms with Crippen molar-refractivity contribution >= 4 is 20.7 Å². The number of pyridine rings is 1. The summed E-state index contributed by atoms with van der Waals surface area (Å²) in [7, 11) is -4.09. The molecule has 0 amide bonds. The van der Waals surface area contributed by atoms with Gasteiger partial charge in [-0.2, -0.15) is 0 Å². The Labute approximate surface area is 143 Å². The van der Waals surface area contributed by atoms with Gasteiger partial charge in [0.15, 0.2) is 11.6 Å². The minimum absolute atomic E-state index is 0.0193. The fraction of sp³-hybridized carbons (Fsp3) is 0.167. The van der Waals surface area contributed by atoms with Gasteiger partial charge in [0.25, 0.3) is 0 Å². The second-order valence-electron chi connectivity index (χ2n) is 5.71. The molecule has 0 atom stereocenters. The van der Waals surface area contributed by atoms with Gasteiger partial charge >= 0.3 is 0 Å². The van der Waals surface area contributed by atoms with Gasteiger partial charge in [-0.3, -0.25) is 4.79 Å². The van der Waals surface area contributed by atoms with E-state index in [0.29, 0.717) is 0 Å². The zero-order chi connectivity index (χ0) is 18.4. The second kappa shape index (κ2) is 6.07. The minimum atomic E-state index is -4.09. The molecule has 7 heteroatoms. The predicted octanol–water partition coefficient (Wildman–Crippen LogP) is 3.44. The summed E-state index contributed by atoms with van der Waals surface area (Å²) in [6.07, 6.45) is 1.18. The van der Waals surface area contributed by atoms with E-state index in [1.165, 1.54) is 22.9 Å². The zero-order valence-corrected chi connectivity index (χ0v) is 14.4. The second-order valence-corrected chi connectivity index (χ2v) is 7.63. The van der Waals surface area contributed by atoms with Crippen molar-refractivity contribution < 1.29 is 17.2 Å². The topological polar surface area (TPSA) is 56.1 Å². The van der Waals surface area contributed by atoms with E-state index in [9.17, 15) is 22.0 Å². The van der Waals surface area contributed by atoms with Crippen molar-refractivity contribution in [2.24, 2.45) is 0 Å². The molecule has 0 N–H and O–H groups in total. The summed E-state index contributed by atoms with van der Waals surface area (Å²) >= 11 is 0. The molecule has 0 saturated heterocycles. The Balaban J connectivity index is 2.39. The molecule has 1 aromatic heterocycles. The highest BCUT2D eigenvalue weighted by atomic mass is 32.2. The lowest BCUT2D eigenvalue weighted by molar-refractivity contribution is 0.510. The van der Waals surface area contributed by atoms with Gasteiger partial charge < -0.3 is 4.57 Å². The standard InChI is InChI=1S/C18H15F2NO3S/c1-3-21-10-17(25(23,24)12-6-4-5-11(2)7-12)18(22)13-8-14(19)15(20)9-16(13)21/h4-10H,3H2,1-2H3. The van der Waals surface area contributed by atoms with Crippen molar-refractivity contribution in [1.82, 2.24) is 4.57 Å². The van der Waals surface area contributed by atoms with Gasteiger partial charge in [0.1, 0.15) is 4.90 Å². The van der Waals surface area contributed by atoms with Gasteiger partial charge in [0.2, 0.25) is 15.3 Å². The molecule has 0 radical (unpaired) electrons. The molecule has 130 valence electrons. The van der Waals surface area contributed by atoms with E-state index < -0.39 is 31.8 Å². The van der Waals surface area contributed by atoms with Crippen LogP contribution in [0.5, 0.6) is 0 Å². The number of aryl methyl sites for hydroxylation is 2. The largest absolute Gasteiger partial charge is 0.346 e. The summed E-state index contributed by atoms with van der Waals surface area (Å²) in [5.41, 5.74) is 0.0282. The third kappa shape index (κ3) is 2.84. The Morgan fingerprint density at radius 2 is 1.76 bits per heavy atom. The number of halogens is 2. The van der Waals surface area contributed by atoms with Gasteiger partial charge in [0, 0.05) is 18.8 Å². The number of nitrogens with zero attached hydrogens (tertiary/aromatic N) is 1. The van der Waals surface area contributed by atoms with Crippen LogP contribution >= 0.6 is 0 Å². The minimum Gasteiger partial charge on any atom is -0.346 e. The van der Waals surface area contributed by atoms with Gasteiger partial charge in [-0.25, -0.2) is 17.2 Å². The van der Waals surface area contributed by atoms with Crippen molar-refractivity contribution in [3.8, 4) is 0 Å². The van der Waals surface area contributed by atoms with Crippen LogP contribution in [0.25, 0.3) is 10.9 Å². The maximum atomic E-state index is 13.6.